The van der Waals surface area contributed by atoms with Crippen LogP contribution in [0, 0.1) is 24.5 Å². The van der Waals surface area contributed by atoms with Crippen molar-refractivity contribution >= 4 is 5.91 Å². The van der Waals surface area contributed by atoms with E-state index in [1.165, 1.54) is 18.2 Å². The predicted molar refractivity (Wildman–Crippen MR) is 211 cm³/mol. The second-order valence-electron chi connectivity index (χ2n) is 15.6. The fraction of sp³-hybridized carbons (Fsp3) is 0.341. The molecule has 1 saturated heterocycles. The fourth-order valence-electron chi connectivity index (χ4n) is 8.63. The molecule has 0 saturated carbocycles. The van der Waals surface area contributed by atoms with Crippen molar-refractivity contribution in [2.75, 3.05) is 40.3 Å². The van der Waals surface area contributed by atoms with Gasteiger partial charge in [-0.1, -0.05) is 0 Å². The van der Waals surface area contributed by atoms with Gasteiger partial charge in [0.05, 0.1) is 31.0 Å². The fourth-order valence-corrected chi connectivity index (χ4v) is 8.63. The van der Waals surface area contributed by atoms with Gasteiger partial charge in [0.2, 0.25) is 5.91 Å². The van der Waals surface area contributed by atoms with E-state index in [0.29, 0.717) is 26.1 Å². The molecule has 9 rings (SSSR count). The maximum absolute atomic E-state index is 15.2. The topological polar surface area (TPSA) is 88.2 Å². The molecule has 7 heterocycles. The second-order valence-corrected chi connectivity index (χ2v) is 15.6. The maximum atomic E-state index is 15.2. The molecule has 0 spiro atoms. The molecule has 0 N–H and O–H groups in total. The summed E-state index contributed by atoms with van der Waals surface area (Å²) in [5.74, 6) is -0.441. The number of piperidine rings is 1. The molecule has 4 aromatic heterocycles. The van der Waals surface area contributed by atoms with Crippen molar-refractivity contribution in [3.05, 3.63) is 119 Å². The standard InChI is InChI=1S/C44H45F2N9O/c1-28-22-31(10-14-47-28)41-38-26-52(3)18-20-54(38)50-43(41)37-9-8-35(46)23-33(37)25-36-24-32(11-15-48-36)40-39-27-53(44(56)30-12-16-51(2)17-13-30)19-21-55(39)49-42(40)29-4-6-34(45)7-5-29/h4-11,14-15,22-24,30H,12-13,16-21,25-27H2,1-3H3. The summed E-state index contributed by atoms with van der Waals surface area (Å²) in [7, 11) is 4.22. The first-order chi connectivity index (χ1) is 27.2. The summed E-state index contributed by atoms with van der Waals surface area (Å²) in [6.45, 7) is 7.79. The summed E-state index contributed by atoms with van der Waals surface area (Å²) >= 11 is 0. The number of aryl methyl sites for hydroxylation is 1. The number of aromatic nitrogens is 6. The minimum Gasteiger partial charge on any atom is -0.335 e. The van der Waals surface area contributed by atoms with Crippen molar-refractivity contribution < 1.29 is 13.6 Å². The van der Waals surface area contributed by atoms with Crippen LogP contribution < -0.4 is 0 Å². The van der Waals surface area contributed by atoms with Gasteiger partial charge in [0.15, 0.2) is 0 Å². The number of likely N-dealkylation sites (N-methyl/N-ethyl adjacent to an activating group) is 1. The van der Waals surface area contributed by atoms with Crippen LogP contribution >= 0.6 is 0 Å². The number of pyridine rings is 2. The van der Waals surface area contributed by atoms with Gasteiger partial charge >= 0.3 is 0 Å². The van der Waals surface area contributed by atoms with E-state index in [4.69, 9.17) is 15.2 Å². The molecule has 0 aliphatic carbocycles. The number of rotatable bonds is 7. The zero-order valence-electron chi connectivity index (χ0n) is 32.1. The first-order valence-electron chi connectivity index (χ1n) is 19.5. The van der Waals surface area contributed by atoms with Gasteiger partial charge in [0.1, 0.15) is 23.0 Å². The number of nitrogens with zero attached hydrogens (tertiary/aromatic N) is 9. The summed E-state index contributed by atoms with van der Waals surface area (Å²) in [5.41, 5.74) is 11.5. The summed E-state index contributed by atoms with van der Waals surface area (Å²) in [6, 6.07) is 19.4. The molecule has 1 amide bonds. The Morgan fingerprint density at radius 1 is 0.679 bits per heavy atom. The number of hydrogen-bond donors (Lipinski definition) is 0. The highest BCUT2D eigenvalue weighted by Gasteiger charge is 2.33. The molecular weight excluding hydrogens is 709 g/mol. The lowest BCUT2D eigenvalue weighted by atomic mass is 9.92. The molecule has 6 aromatic rings. The molecule has 286 valence electrons. The average Bonchev–Trinajstić information content (AvgIpc) is 3.77. The lowest BCUT2D eigenvalue weighted by molar-refractivity contribution is -0.138. The number of carbonyl (C=O) groups is 1. The highest BCUT2D eigenvalue weighted by molar-refractivity contribution is 5.86. The van der Waals surface area contributed by atoms with Gasteiger partial charge in [-0.2, -0.15) is 10.2 Å². The molecule has 3 aliphatic heterocycles. The number of fused-ring (bicyclic) bond motifs is 2. The Kier molecular flexibility index (Phi) is 9.54. The Balaban J connectivity index is 1.11. The van der Waals surface area contributed by atoms with Gasteiger partial charge in [-0.15, -0.1) is 0 Å². The highest BCUT2D eigenvalue weighted by Crippen LogP contribution is 2.40. The van der Waals surface area contributed by atoms with E-state index < -0.39 is 0 Å². The smallest absolute Gasteiger partial charge is 0.226 e. The van der Waals surface area contributed by atoms with Crippen LogP contribution in [0.2, 0.25) is 0 Å². The molecule has 10 nitrogen and oxygen atoms in total. The summed E-state index contributed by atoms with van der Waals surface area (Å²) in [4.78, 5) is 29.7. The van der Waals surface area contributed by atoms with Crippen molar-refractivity contribution in [1.82, 2.24) is 44.2 Å². The van der Waals surface area contributed by atoms with E-state index in [2.05, 4.69) is 39.6 Å². The van der Waals surface area contributed by atoms with Crippen LogP contribution in [0.5, 0.6) is 0 Å². The molecule has 0 unspecified atom stereocenters. The average molecular weight is 754 g/mol. The largest absolute Gasteiger partial charge is 0.335 e. The van der Waals surface area contributed by atoms with Crippen molar-refractivity contribution in [3.63, 3.8) is 0 Å². The molecule has 12 heteroatoms. The van der Waals surface area contributed by atoms with Crippen LogP contribution in [0.25, 0.3) is 44.8 Å². The van der Waals surface area contributed by atoms with E-state index >= 15 is 4.39 Å². The molecular formula is C44H45F2N9O. The van der Waals surface area contributed by atoms with Gasteiger partial charge < -0.3 is 9.80 Å². The third-order valence-corrected chi connectivity index (χ3v) is 11.6. The van der Waals surface area contributed by atoms with E-state index in [1.54, 1.807) is 24.4 Å². The monoisotopic (exact) mass is 753 g/mol. The van der Waals surface area contributed by atoms with Gasteiger partial charge in [-0.25, -0.2) is 8.78 Å². The van der Waals surface area contributed by atoms with Crippen molar-refractivity contribution in [3.8, 4) is 44.8 Å². The Bertz CT molecular complexity index is 2430. The Morgan fingerprint density at radius 2 is 1.34 bits per heavy atom. The van der Waals surface area contributed by atoms with Crippen molar-refractivity contribution in [1.29, 1.82) is 0 Å². The van der Waals surface area contributed by atoms with Gasteiger partial charge in [0, 0.05) is 78.0 Å². The highest BCUT2D eigenvalue weighted by atomic mass is 19.1. The van der Waals surface area contributed by atoms with Crippen LogP contribution in [-0.2, 0) is 37.4 Å². The van der Waals surface area contributed by atoms with Crippen LogP contribution in [-0.4, -0.2) is 90.4 Å². The van der Waals surface area contributed by atoms with Crippen LogP contribution in [0.4, 0.5) is 8.78 Å². The third kappa shape index (κ3) is 6.92. The molecule has 56 heavy (non-hydrogen) atoms. The van der Waals surface area contributed by atoms with Crippen LogP contribution in [0.1, 0.15) is 41.2 Å². The Morgan fingerprint density at radius 3 is 2.11 bits per heavy atom. The zero-order chi connectivity index (χ0) is 38.5. The lowest BCUT2D eigenvalue weighted by Gasteiger charge is -2.34. The molecule has 1 fully saturated rings. The second kappa shape index (κ2) is 14.8. The minimum atomic E-state index is -0.330. The number of hydrogen-bond acceptors (Lipinski definition) is 7. The van der Waals surface area contributed by atoms with Crippen LogP contribution in [0.3, 0.4) is 0 Å². The molecule has 0 bridgehead atoms. The summed E-state index contributed by atoms with van der Waals surface area (Å²) in [5, 5.41) is 10.2. The van der Waals surface area contributed by atoms with Crippen molar-refractivity contribution in [2.45, 2.75) is 52.4 Å². The quantitative estimate of drug-likeness (QED) is 0.177. The molecule has 3 aliphatic rings. The van der Waals surface area contributed by atoms with Gasteiger partial charge in [-0.3, -0.25) is 29.0 Å². The number of benzene rings is 2. The number of halogens is 2. The first-order valence-corrected chi connectivity index (χ1v) is 19.5. The Hall–Kier alpha value is -5.59. The predicted octanol–water partition coefficient (Wildman–Crippen LogP) is 6.84. The summed E-state index contributed by atoms with van der Waals surface area (Å²) in [6.07, 6.45) is 5.68. The minimum absolute atomic E-state index is 0.0125. The summed E-state index contributed by atoms with van der Waals surface area (Å²) < 4.78 is 33.4. The first kappa shape index (κ1) is 36.1. The van der Waals surface area contributed by atoms with Crippen LogP contribution in [0.15, 0.2) is 79.1 Å². The number of likely N-dealkylation sites (tertiary alicyclic amines) is 1. The van der Waals surface area contributed by atoms with E-state index in [1.807, 2.05) is 47.0 Å². The number of amides is 1. The van der Waals surface area contributed by atoms with Gasteiger partial charge in [-0.05, 0) is 130 Å². The van der Waals surface area contributed by atoms with E-state index in [-0.39, 0.29) is 23.5 Å². The van der Waals surface area contributed by atoms with E-state index in [9.17, 15) is 9.18 Å². The Labute approximate surface area is 325 Å². The molecule has 0 radical (unpaired) electrons. The normalized spacial score (nSPS) is 16.6. The SMILES string of the molecule is Cc1cc(-c2c(-c3ccc(F)cc3Cc3cc(-c4c(-c5ccc(F)cc5)nn5c4CN(C(=O)C4CCN(C)CC4)CC5)ccn3)nn3c2CN(C)CC3)ccn1. The third-order valence-electron chi connectivity index (χ3n) is 11.6. The molecule has 0 atom stereocenters. The van der Waals surface area contributed by atoms with Gasteiger partial charge in [0.25, 0.3) is 0 Å². The number of carbonyl (C=O) groups excluding carboxylic acids is 1. The maximum Gasteiger partial charge on any atom is 0.226 e. The zero-order valence-corrected chi connectivity index (χ0v) is 32.1. The van der Waals surface area contributed by atoms with Crippen molar-refractivity contribution in [2.24, 2.45) is 5.92 Å². The lowest BCUT2D eigenvalue weighted by Crippen LogP contribution is -2.44. The van der Waals surface area contributed by atoms with E-state index in [0.717, 1.165) is 119 Å². The molecule has 2 aromatic carbocycles.